The summed E-state index contributed by atoms with van der Waals surface area (Å²) in [4.78, 5) is 14.1. The summed E-state index contributed by atoms with van der Waals surface area (Å²) in [5.74, 6) is 0. The Kier molecular flexibility index (Phi) is 5.36. The zero-order valence-electron chi connectivity index (χ0n) is 15.0. The molecule has 4 rings (SSSR count). The SMILES string of the molecule is O=[C](c1ccccc1)[Sn]([CH]1CCCC1)([CH]1CCCC1)[CH]1CCCC1. The third-order valence-electron chi connectivity index (χ3n) is 7.52. The van der Waals surface area contributed by atoms with Gasteiger partial charge in [0.25, 0.3) is 0 Å². The van der Waals surface area contributed by atoms with Crippen molar-refractivity contribution in [1.82, 2.24) is 0 Å². The summed E-state index contributed by atoms with van der Waals surface area (Å²) in [6.45, 7) is 0. The molecule has 0 bridgehead atoms. The van der Waals surface area contributed by atoms with Crippen LogP contribution in [0.4, 0.5) is 0 Å². The van der Waals surface area contributed by atoms with Gasteiger partial charge in [-0.3, -0.25) is 0 Å². The summed E-state index contributed by atoms with van der Waals surface area (Å²) < 4.78 is 3.31. The van der Waals surface area contributed by atoms with E-state index in [1.54, 1.807) is 0 Å². The summed E-state index contributed by atoms with van der Waals surface area (Å²) in [5, 5.41) is 0. The van der Waals surface area contributed by atoms with Crippen LogP contribution in [0.15, 0.2) is 30.3 Å². The summed E-state index contributed by atoms with van der Waals surface area (Å²) in [6, 6.07) is 10.5. The number of hydrogen-bond acceptors (Lipinski definition) is 1. The summed E-state index contributed by atoms with van der Waals surface area (Å²) in [6.07, 6.45) is 16.7. The minimum absolute atomic E-state index is 0.732. The summed E-state index contributed by atoms with van der Waals surface area (Å²) in [5.41, 5.74) is 1.08. The van der Waals surface area contributed by atoms with E-state index in [1.807, 2.05) is 0 Å². The van der Waals surface area contributed by atoms with Crippen molar-refractivity contribution in [3.8, 4) is 0 Å². The molecule has 3 saturated carbocycles. The van der Waals surface area contributed by atoms with Gasteiger partial charge in [0, 0.05) is 0 Å². The standard InChI is InChI=1S/C7H5O.3C5H9.Sn/c8-6-7-4-2-1-3-5-7;3*1-2-4-5-3-1;/h1-5H;3*1H,2-5H2;. The third kappa shape index (κ3) is 2.89. The predicted molar refractivity (Wildman–Crippen MR) is 103 cm³/mol. The van der Waals surface area contributed by atoms with E-state index in [1.165, 1.54) is 77.0 Å². The molecule has 0 atom stereocenters. The van der Waals surface area contributed by atoms with Crippen LogP contribution in [0.1, 0.15) is 87.4 Å². The van der Waals surface area contributed by atoms with Crippen molar-refractivity contribution >= 4 is 22.2 Å². The first-order valence-electron chi connectivity index (χ1n) is 10.4. The average molecular weight is 431 g/mol. The topological polar surface area (TPSA) is 17.1 Å². The van der Waals surface area contributed by atoms with Crippen LogP contribution in [0.25, 0.3) is 0 Å². The molecule has 0 aromatic heterocycles. The van der Waals surface area contributed by atoms with Crippen LogP contribution >= 0.6 is 0 Å². The molecule has 0 aliphatic heterocycles. The summed E-state index contributed by atoms with van der Waals surface area (Å²) in [7, 11) is 0. The Morgan fingerprint density at radius 3 is 1.42 bits per heavy atom. The van der Waals surface area contributed by atoms with E-state index < -0.39 is 18.4 Å². The number of carbonyl (C=O) groups excluding carboxylic acids is 1. The fraction of sp³-hybridized carbons (Fsp3) is 0.682. The van der Waals surface area contributed by atoms with Gasteiger partial charge < -0.3 is 0 Å². The normalized spacial score (nSPS) is 24.0. The molecule has 0 N–H and O–H groups in total. The van der Waals surface area contributed by atoms with E-state index in [0.717, 1.165) is 21.2 Å². The third-order valence-corrected chi connectivity index (χ3v) is 27.1. The molecule has 1 nitrogen and oxygen atoms in total. The van der Waals surface area contributed by atoms with Gasteiger partial charge in [0.05, 0.1) is 0 Å². The molecule has 1 aromatic carbocycles. The van der Waals surface area contributed by atoms with Gasteiger partial charge in [-0.15, -0.1) is 0 Å². The van der Waals surface area contributed by atoms with Gasteiger partial charge in [0.2, 0.25) is 0 Å². The van der Waals surface area contributed by atoms with Gasteiger partial charge in [0.15, 0.2) is 0 Å². The number of carbonyl (C=O) groups is 1. The molecule has 3 aliphatic rings. The molecule has 0 unspecified atom stereocenters. The molecule has 0 saturated heterocycles. The molecule has 0 heterocycles. The molecular formula is C22H32OSn. The summed E-state index contributed by atoms with van der Waals surface area (Å²) >= 11 is -2.97. The maximum absolute atomic E-state index is 14.1. The first-order valence-corrected chi connectivity index (χ1v) is 16.8. The number of benzene rings is 1. The fourth-order valence-electron chi connectivity index (χ4n) is 6.61. The van der Waals surface area contributed by atoms with Crippen LogP contribution in [-0.4, -0.2) is 22.2 Å². The number of hydrogen-bond donors (Lipinski definition) is 0. The van der Waals surface area contributed by atoms with Gasteiger partial charge in [0.1, 0.15) is 0 Å². The zero-order valence-corrected chi connectivity index (χ0v) is 17.9. The van der Waals surface area contributed by atoms with Gasteiger partial charge in [-0.2, -0.15) is 0 Å². The molecule has 0 spiro atoms. The van der Waals surface area contributed by atoms with Crippen molar-refractivity contribution in [3.05, 3.63) is 35.9 Å². The van der Waals surface area contributed by atoms with Gasteiger partial charge in [-0.25, -0.2) is 0 Å². The van der Waals surface area contributed by atoms with Crippen LogP contribution < -0.4 is 0 Å². The Balaban J connectivity index is 1.80. The Labute approximate surface area is 151 Å². The predicted octanol–water partition coefficient (Wildman–Crippen LogP) is 6.69. The first-order chi connectivity index (χ1) is 11.8. The molecule has 0 radical (unpaired) electrons. The fourth-order valence-corrected chi connectivity index (χ4v) is 29.1. The minimum atomic E-state index is -2.97. The molecule has 3 aliphatic carbocycles. The molecule has 130 valence electrons. The zero-order chi connectivity index (χ0) is 16.4. The molecule has 0 amide bonds. The second-order valence-electron chi connectivity index (χ2n) is 8.57. The van der Waals surface area contributed by atoms with Crippen molar-refractivity contribution in [2.75, 3.05) is 0 Å². The van der Waals surface area contributed by atoms with Crippen molar-refractivity contribution in [2.24, 2.45) is 0 Å². The Morgan fingerprint density at radius 2 is 1.04 bits per heavy atom. The van der Waals surface area contributed by atoms with Crippen LogP contribution in [0, 0.1) is 0 Å². The monoisotopic (exact) mass is 432 g/mol. The average Bonchev–Trinajstić information content (AvgIpc) is 3.40. The Morgan fingerprint density at radius 1 is 0.667 bits per heavy atom. The molecule has 2 heteroatoms. The van der Waals surface area contributed by atoms with E-state index >= 15 is 0 Å². The van der Waals surface area contributed by atoms with Crippen molar-refractivity contribution in [3.63, 3.8) is 0 Å². The molecule has 3 fully saturated rings. The molecule has 24 heavy (non-hydrogen) atoms. The van der Waals surface area contributed by atoms with E-state index in [-0.39, 0.29) is 0 Å². The maximum atomic E-state index is 14.1. The second-order valence-corrected chi connectivity index (χ2v) is 22.2. The molecule has 1 aromatic rings. The number of rotatable bonds is 5. The van der Waals surface area contributed by atoms with Crippen LogP contribution in [-0.2, 0) is 0 Å². The van der Waals surface area contributed by atoms with Crippen LogP contribution in [0.2, 0.25) is 11.8 Å². The van der Waals surface area contributed by atoms with Gasteiger partial charge in [-0.05, 0) is 0 Å². The van der Waals surface area contributed by atoms with Gasteiger partial charge in [-0.1, -0.05) is 0 Å². The van der Waals surface area contributed by atoms with Gasteiger partial charge >= 0.3 is 152 Å². The van der Waals surface area contributed by atoms with E-state index in [0.29, 0.717) is 0 Å². The second kappa shape index (κ2) is 7.51. The van der Waals surface area contributed by atoms with Crippen molar-refractivity contribution in [2.45, 2.75) is 88.9 Å². The molecular weight excluding hydrogens is 399 g/mol. The Bertz CT molecular complexity index is 508. The van der Waals surface area contributed by atoms with E-state index in [4.69, 9.17) is 0 Å². The van der Waals surface area contributed by atoms with E-state index in [9.17, 15) is 4.79 Å². The van der Waals surface area contributed by atoms with Crippen LogP contribution in [0.3, 0.4) is 0 Å². The van der Waals surface area contributed by atoms with E-state index in [2.05, 4.69) is 30.3 Å². The van der Waals surface area contributed by atoms with Crippen LogP contribution in [0.5, 0.6) is 0 Å². The van der Waals surface area contributed by atoms with Crippen molar-refractivity contribution in [1.29, 1.82) is 0 Å². The Hall–Kier alpha value is -0.311. The van der Waals surface area contributed by atoms with Crippen molar-refractivity contribution < 1.29 is 4.79 Å². The first kappa shape index (κ1) is 17.1. The quantitative estimate of drug-likeness (QED) is 0.475.